The van der Waals surface area contributed by atoms with Gasteiger partial charge in [-0.1, -0.05) is 18.2 Å². The van der Waals surface area contributed by atoms with E-state index in [-0.39, 0.29) is 12.0 Å². The van der Waals surface area contributed by atoms with E-state index in [0.29, 0.717) is 18.7 Å². The van der Waals surface area contributed by atoms with Gasteiger partial charge in [0.05, 0.1) is 12.2 Å². The number of aromatic amines is 1. The minimum atomic E-state index is -0.559. The number of fused-ring (bicyclic) bond motifs is 1. The Morgan fingerprint density at radius 3 is 3.00 bits per heavy atom. The van der Waals surface area contributed by atoms with Crippen molar-refractivity contribution < 1.29 is 14.3 Å². The van der Waals surface area contributed by atoms with Crippen molar-refractivity contribution in [1.29, 1.82) is 0 Å². The SMILES string of the molecule is CC1(C)OCC(CNC(=O)c2c[nH]c3ccccc23)O1. The third-order valence-electron chi connectivity index (χ3n) is 3.39. The van der Waals surface area contributed by atoms with Crippen molar-refractivity contribution in [1.82, 2.24) is 10.3 Å². The maximum atomic E-state index is 12.2. The molecule has 2 N–H and O–H groups in total. The van der Waals surface area contributed by atoms with Crippen LogP contribution in [0.2, 0.25) is 0 Å². The number of ether oxygens (including phenoxy) is 2. The van der Waals surface area contributed by atoms with E-state index < -0.39 is 5.79 Å². The van der Waals surface area contributed by atoms with Crippen LogP contribution in [0.25, 0.3) is 10.9 Å². The van der Waals surface area contributed by atoms with E-state index in [4.69, 9.17) is 9.47 Å². The second-order valence-corrected chi connectivity index (χ2v) is 5.41. The van der Waals surface area contributed by atoms with Crippen molar-refractivity contribution in [2.24, 2.45) is 0 Å². The van der Waals surface area contributed by atoms with Crippen LogP contribution >= 0.6 is 0 Å². The van der Waals surface area contributed by atoms with Gasteiger partial charge in [-0.2, -0.15) is 0 Å². The molecule has 0 aliphatic carbocycles. The number of hydrogen-bond acceptors (Lipinski definition) is 3. The first-order chi connectivity index (χ1) is 9.55. The molecule has 1 saturated heterocycles. The lowest BCUT2D eigenvalue weighted by molar-refractivity contribution is -0.137. The second-order valence-electron chi connectivity index (χ2n) is 5.41. The molecule has 106 valence electrons. The molecule has 1 amide bonds. The lowest BCUT2D eigenvalue weighted by Crippen LogP contribution is -2.34. The smallest absolute Gasteiger partial charge is 0.253 e. The first-order valence-corrected chi connectivity index (χ1v) is 6.71. The van der Waals surface area contributed by atoms with Crippen LogP contribution in [0.15, 0.2) is 30.5 Å². The third-order valence-corrected chi connectivity index (χ3v) is 3.39. The largest absolute Gasteiger partial charge is 0.360 e. The van der Waals surface area contributed by atoms with E-state index in [0.717, 1.165) is 10.9 Å². The zero-order valence-electron chi connectivity index (χ0n) is 11.6. The first kappa shape index (κ1) is 13.1. The number of amides is 1. The van der Waals surface area contributed by atoms with Gasteiger partial charge in [0.15, 0.2) is 5.79 Å². The molecule has 5 nitrogen and oxygen atoms in total. The van der Waals surface area contributed by atoms with Gasteiger partial charge in [0.2, 0.25) is 0 Å². The summed E-state index contributed by atoms with van der Waals surface area (Å²) in [6.45, 7) is 4.69. The van der Waals surface area contributed by atoms with Crippen LogP contribution in [-0.2, 0) is 9.47 Å². The zero-order chi connectivity index (χ0) is 14.2. The Morgan fingerprint density at radius 1 is 1.45 bits per heavy atom. The minimum Gasteiger partial charge on any atom is -0.360 e. The number of carbonyl (C=O) groups excluding carboxylic acids is 1. The van der Waals surface area contributed by atoms with Crippen LogP contribution in [0.5, 0.6) is 0 Å². The second kappa shape index (κ2) is 4.92. The summed E-state index contributed by atoms with van der Waals surface area (Å²) in [5.74, 6) is -0.661. The normalized spacial score (nSPS) is 21.2. The van der Waals surface area contributed by atoms with Gasteiger partial charge in [-0.3, -0.25) is 4.79 Å². The Balaban J connectivity index is 1.65. The van der Waals surface area contributed by atoms with Crippen LogP contribution in [0.3, 0.4) is 0 Å². The molecule has 0 saturated carbocycles. The molecule has 1 fully saturated rings. The maximum absolute atomic E-state index is 12.2. The number of hydrogen-bond donors (Lipinski definition) is 2. The van der Waals surface area contributed by atoms with E-state index in [1.54, 1.807) is 6.20 Å². The molecule has 1 atom stereocenters. The summed E-state index contributed by atoms with van der Waals surface area (Å²) in [5.41, 5.74) is 1.61. The predicted octanol–water partition coefficient (Wildman–Crippen LogP) is 2.05. The van der Waals surface area contributed by atoms with Crippen molar-refractivity contribution in [3.8, 4) is 0 Å². The van der Waals surface area contributed by atoms with Gasteiger partial charge in [-0.25, -0.2) is 0 Å². The van der Waals surface area contributed by atoms with Gasteiger partial charge < -0.3 is 19.8 Å². The van der Waals surface area contributed by atoms with E-state index >= 15 is 0 Å². The van der Waals surface area contributed by atoms with Crippen LogP contribution in [0.4, 0.5) is 0 Å². The van der Waals surface area contributed by atoms with Crippen LogP contribution in [-0.4, -0.2) is 35.9 Å². The monoisotopic (exact) mass is 274 g/mol. The molecule has 0 radical (unpaired) electrons. The molecule has 1 aliphatic heterocycles. The van der Waals surface area contributed by atoms with Crippen molar-refractivity contribution >= 4 is 16.8 Å². The zero-order valence-corrected chi connectivity index (χ0v) is 11.6. The first-order valence-electron chi connectivity index (χ1n) is 6.71. The highest BCUT2D eigenvalue weighted by atomic mass is 16.7. The number of benzene rings is 1. The van der Waals surface area contributed by atoms with E-state index in [1.165, 1.54) is 0 Å². The van der Waals surface area contributed by atoms with Gasteiger partial charge in [0.1, 0.15) is 6.10 Å². The van der Waals surface area contributed by atoms with Crippen molar-refractivity contribution in [3.63, 3.8) is 0 Å². The predicted molar refractivity (Wildman–Crippen MR) is 75.5 cm³/mol. The summed E-state index contributed by atoms with van der Waals surface area (Å²) in [6, 6.07) is 7.73. The van der Waals surface area contributed by atoms with Crippen molar-refractivity contribution in [2.45, 2.75) is 25.7 Å². The molecule has 1 aliphatic rings. The van der Waals surface area contributed by atoms with Gasteiger partial charge in [0.25, 0.3) is 5.91 Å². The number of para-hydroxylation sites is 1. The van der Waals surface area contributed by atoms with Crippen LogP contribution in [0, 0.1) is 0 Å². The topological polar surface area (TPSA) is 63.3 Å². The van der Waals surface area contributed by atoms with Gasteiger partial charge in [0, 0.05) is 23.6 Å². The van der Waals surface area contributed by atoms with E-state index in [2.05, 4.69) is 10.3 Å². The number of carbonyl (C=O) groups is 1. The summed E-state index contributed by atoms with van der Waals surface area (Å²) in [6.07, 6.45) is 1.63. The molecular weight excluding hydrogens is 256 g/mol. The highest BCUT2D eigenvalue weighted by Crippen LogP contribution is 2.22. The van der Waals surface area contributed by atoms with Crippen molar-refractivity contribution in [2.75, 3.05) is 13.2 Å². The fourth-order valence-electron chi connectivity index (χ4n) is 2.42. The Hall–Kier alpha value is -1.85. The van der Waals surface area contributed by atoms with E-state index in [1.807, 2.05) is 38.1 Å². The molecule has 3 rings (SSSR count). The molecule has 1 aromatic heterocycles. The average Bonchev–Trinajstić information content (AvgIpc) is 2.99. The summed E-state index contributed by atoms with van der Waals surface area (Å²) < 4.78 is 11.1. The fourth-order valence-corrected chi connectivity index (χ4v) is 2.42. The lowest BCUT2D eigenvalue weighted by atomic mass is 10.1. The van der Waals surface area contributed by atoms with Crippen molar-refractivity contribution in [3.05, 3.63) is 36.0 Å². The summed E-state index contributed by atoms with van der Waals surface area (Å²) in [5, 5.41) is 3.82. The maximum Gasteiger partial charge on any atom is 0.253 e. The van der Waals surface area contributed by atoms with Crippen LogP contribution in [0.1, 0.15) is 24.2 Å². The number of rotatable bonds is 3. The minimum absolute atomic E-state index is 0.0980. The fraction of sp³-hybridized carbons (Fsp3) is 0.400. The molecular formula is C15H18N2O3. The Labute approximate surface area is 117 Å². The summed E-state index contributed by atoms with van der Waals surface area (Å²) in [7, 11) is 0. The number of H-pyrrole nitrogens is 1. The molecule has 2 aromatic rings. The Kier molecular flexibility index (Phi) is 3.23. The molecule has 2 heterocycles. The van der Waals surface area contributed by atoms with Gasteiger partial charge in [-0.15, -0.1) is 0 Å². The summed E-state index contributed by atoms with van der Waals surface area (Å²) >= 11 is 0. The Morgan fingerprint density at radius 2 is 2.25 bits per heavy atom. The van der Waals surface area contributed by atoms with Gasteiger partial charge >= 0.3 is 0 Å². The number of nitrogens with one attached hydrogen (secondary N) is 2. The molecule has 0 bridgehead atoms. The van der Waals surface area contributed by atoms with E-state index in [9.17, 15) is 4.79 Å². The standard InChI is InChI=1S/C15H18N2O3/c1-15(2)19-9-10(20-15)7-17-14(18)12-8-16-13-6-4-3-5-11(12)13/h3-6,8,10,16H,7,9H2,1-2H3,(H,17,18). The quantitative estimate of drug-likeness (QED) is 0.900. The summed E-state index contributed by atoms with van der Waals surface area (Å²) in [4.78, 5) is 15.3. The molecule has 20 heavy (non-hydrogen) atoms. The lowest BCUT2D eigenvalue weighted by Gasteiger charge is -2.17. The highest BCUT2D eigenvalue weighted by Gasteiger charge is 2.32. The number of aromatic nitrogens is 1. The van der Waals surface area contributed by atoms with Gasteiger partial charge in [-0.05, 0) is 19.9 Å². The van der Waals surface area contributed by atoms with Crippen LogP contribution < -0.4 is 5.32 Å². The molecule has 5 heteroatoms. The molecule has 0 spiro atoms. The Bertz CT molecular complexity index is 633. The third kappa shape index (κ3) is 2.55. The molecule has 1 aromatic carbocycles. The average molecular weight is 274 g/mol. The highest BCUT2D eigenvalue weighted by molar-refractivity contribution is 6.06. The molecule has 1 unspecified atom stereocenters.